The van der Waals surface area contributed by atoms with Crippen LogP contribution in [-0.4, -0.2) is 29.7 Å². The summed E-state index contributed by atoms with van der Waals surface area (Å²) < 4.78 is 39.4. The number of nitrogens with two attached hydrogens (primary N) is 1. The first-order chi connectivity index (χ1) is 9.91. The lowest BCUT2D eigenvalue weighted by molar-refractivity contribution is -0.164. The van der Waals surface area contributed by atoms with Crippen molar-refractivity contribution < 1.29 is 18.0 Å². The molecule has 0 bridgehead atoms. The highest BCUT2D eigenvalue weighted by Crippen LogP contribution is 2.35. The van der Waals surface area contributed by atoms with Gasteiger partial charge in [0.1, 0.15) is 11.7 Å². The first-order valence-corrected chi connectivity index (χ1v) is 7.82. The van der Waals surface area contributed by atoms with Crippen LogP contribution in [0.3, 0.4) is 0 Å². The highest BCUT2D eigenvalue weighted by molar-refractivity contribution is 7.09. The maximum atomic E-state index is 13.1. The summed E-state index contributed by atoms with van der Waals surface area (Å²) in [6, 6.07) is -1.79. The van der Waals surface area contributed by atoms with Crippen LogP contribution in [0.15, 0.2) is 5.38 Å². The van der Waals surface area contributed by atoms with E-state index in [1.54, 1.807) is 0 Å². The van der Waals surface area contributed by atoms with Gasteiger partial charge in [-0.15, -0.1) is 23.7 Å². The van der Waals surface area contributed by atoms with Crippen LogP contribution in [0.25, 0.3) is 0 Å². The summed E-state index contributed by atoms with van der Waals surface area (Å²) in [6.07, 6.45) is -1.35. The molecule has 2 rings (SSSR count). The van der Waals surface area contributed by atoms with Crippen LogP contribution in [0.1, 0.15) is 41.2 Å². The number of aromatic nitrogens is 1. The number of alkyl halides is 3. The molecule has 1 aliphatic rings. The monoisotopic (exact) mass is 357 g/mol. The molecule has 1 atom stereocenters. The summed E-state index contributed by atoms with van der Waals surface area (Å²) in [5, 5.41) is 4.25. The number of hydrogen-bond acceptors (Lipinski definition) is 4. The number of thiazole rings is 1. The van der Waals surface area contributed by atoms with Crippen molar-refractivity contribution in [3.05, 3.63) is 16.1 Å². The SMILES string of the molecule is Cl.NCCc1nc(C(=O)NC(C2CCCC2)C(F)(F)F)cs1. The largest absolute Gasteiger partial charge is 0.408 e. The zero-order valence-electron chi connectivity index (χ0n) is 11.9. The Bertz CT molecular complexity index is 489. The summed E-state index contributed by atoms with van der Waals surface area (Å²) in [6.45, 7) is 0.391. The van der Waals surface area contributed by atoms with Crippen molar-refractivity contribution in [1.29, 1.82) is 0 Å². The number of nitrogens with one attached hydrogen (secondary N) is 1. The van der Waals surface area contributed by atoms with Gasteiger partial charge in [0.05, 0.1) is 5.01 Å². The van der Waals surface area contributed by atoms with E-state index < -0.39 is 24.0 Å². The molecule has 1 aliphatic carbocycles. The molecule has 0 saturated heterocycles. The van der Waals surface area contributed by atoms with Crippen LogP contribution in [0.2, 0.25) is 0 Å². The Hall–Kier alpha value is -0.860. The van der Waals surface area contributed by atoms with E-state index in [0.717, 1.165) is 12.8 Å². The molecule has 1 aromatic rings. The molecule has 1 fully saturated rings. The van der Waals surface area contributed by atoms with Crippen molar-refractivity contribution in [2.75, 3.05) is 6.54 Å². The Morgan fingerprint density at radius 1 is 1.45 bits per heavy atom. The van der Waals surface area contributed by atoms with Gasteiger partial charge in [0, 0.05) is 11.8 Å². The van der Waals surface area contributed by atoms with E-state index in [0.29, 0.717) is 30.8 Å². The van der Waals surface area contributed by atoms with Gasteiger partial charge < -0.3 is 11.1 Å². The molecule has 1 aromatic heterocycles. The quantitative estimate of drug-likeness (QED) is 0.851. The van der Waals surface area contributed by atoms with Gasteiger partial charge >= 0.3 is 6.18 Å². The second-order valence-corrected chi connectivity index (χ2v) is 6.15. The molecule has 1 saturated carbocycles. The second-order valence-electron chi connectivity index (χ2n) is 5.20. The highest BCUT2D eigenvalue weighted by Gasteiger charge is 2.46. The van der Waals surface area contributed by atoms with Gasteiger partial charge in [-0.2, -0.15) is 13.2 Å². The number of hydrogen-bond donors (Lipinski definition) is 2. The Morgan fingerprint density at radius 2 is 2.09 bits per heavy atom. The summed E-state index contributed by atoms with van der Waals surface area (Å²) in [5.74, 6) is -1.29. The van der Waals surface area contributed by atoms with E-state index in [1.165, 1.54) is 16.7 Å². The van der Waals surface area contributed by atoms with Gasteiger partial charge in [0.15, 0.2) is 0 Å². The minimum atomic E-state index is -4.43. The number of carbonyl (C=O) groups is 1. The molecule has 22 heavy (non-hydrogen) atoms. The van der Waals surface area contributed by atoms with E-state index in [9.17, 15) is 18.0 Å². The summed E-state index contributed by atoms with van der Waals surface area (Å²) in [4.78, 5) is 16.0. The fourth-order valence-corrected chi connectivity index (χ4v) is 3.42. The molecule has 0 aliphatic heterocycles. The van der Waals surface area contributed by atoms with Gasteiger partial charge in [-0.3, -0.25) is 4.79 Å². The minimum absolute atomic E-state index is 0. The van der Waals surface area contributed by atoms with Crippen LogP contribution in [0, 0.1) is 5.92 Å². The second kappa shape index (κ2) is 8.12. The fraction of sp³-hybridized carbons (Fsp3) is 0.692. The van der Waals surface area contributed by atoms with E-state index in [4.69, 9.17) is 5.73 Å². The molecule has 3 N–H and O–H groups in total. The van der Waals surface area contributed by atoms with Gasteiger partial charge in [-0.1, -0.05) is 12.8 Å². The van der Waals surface area contributed by atoms with Crippen LogP contribution >= 0.6 is 23.7 Å². The van der Waals surface area contributed by atoms with Crippen molar-refractivity contribution in [1.82, 2.24) is 10.3 Å². The van der Waals surface area contributed by atoms with Gasteiger partial charge in [0.2, 0.25) is 0 Å². The standard InChI is InChI=1S/C13H18F3N3OS.ClH/c14-13(15,16)11(8-3-1-2-4-8)19-12(20)9-7-21-10(18-9)5-6-17;/h7-8,11H,1-6,17H2,(H,19,20);1H. The molecule has 9 heteroatoms. The average molecular weight is 358 g/mol. The molecule has 4 nitrogen and oxygen atoms in total. The number of halogens is 4. The average Bonchev–Trinajstić information content (AvgIpc) is 3.05. The number of rotatable bonds is 5. The topological polar surface area (TPSA) is 68.0 Å². The molecular weight excluding hydrogens is 339 g/mol. The first kappa shape index (κ1) is 19.2. The summed E-state index contributed by atoms with van der Waals surface area (Å²) in [7, 11) is 0. The van der Waals surface area contributed by atoms with Crippen LogP contribution < -0.4 is 11.1 Å². The van der Waals surface area contributed by atoms with Crippen molar-refractivity contribution in [2.45, 2.75) is 44.3 Å². The lowest BCUT2D eigenvalue weighted by Crippen LogP contribution is -2.49. The maximum Gasteiger partial charge on any atom is 0.408 e. The van der Waals surface area contributed by atoms with E-state index in [-0.39, 0.29) is 18.1 Å². The smallest absolute Gasteiger partial charge is 0.339 e. The molecule has 0 spiro atoms. The molecule has 1 heterocycles. The van der Waals surface area contributed by atoms with Crippen LogP contribution in [-0.2, 0) is 6.42 Å². The van der Waals surface area contributed by atoms with E-state index in [1.807, 2.05) is 0 Å². The Labute approximate surface area is 137 Å². The van der Waals surface area contributed by atoms with Crippen molar-refractivity contribution in [3.8, 4) is 0 Å². The predicted molar refractivity (Wildman–Crippen MR) is 81.4 cm³/mol. The fourth-order valence-electron chi connectivity index (χ4n) is 2.63. The molecule has 126 valence electrons. The Kier molecular flexibility index (Phi) is 7.08. The zero-order valence-corrected chi connectivity index (χ0v) is 13.5. The molecule has 1 amide bonds. The lowest BCUT2D eigenvalue weighted by Gasteiger charge is -2.26. The van der Waals surface area contributed by atoms with E-state index in [2.05, 4.69) is 10.3 Å². The normalized spacial score (nSPS) is 17.1. The maximum absolute atomic E-state index is 13.1. The summed E-state index contributed by atoms with van der Waals surface area (Å²) >= 11 is 1.24. The number of nitrogens with zero attached hydrogens (tertiary/aromatic N) is 1. The van der Waals surface area contributed by atoms with E-state index >= 15 is 0 Å². The third-order valence-electron chi connectivity index (χ3n) is 3.65. The molecular formula is C13H19ClF3N3OS. The Morgan fingerprint density at radius 3 is 2.64 bits per heavy atom. The number of amides is 1. The highest BCUT2D eigenvalue weighted by atomic mass is 35.5. The zero-order chi connectivity index (χ0) is 15.5. The van der Waals surface area contributed by atoms with Gasteiger partial charge in [-0.05, 0) is 25.3 Å². The lowest BCUT2D eigenvalue weighted by atomic mass is 9.97. The number of carbonyl (C=O) groups excluding carboxylic acids is 1. The predicted octanol–water partition coefficient (Wildman–Crippen LogP) is 2.92. The molecule has 0 radical (unpaired) electrons. The van der Waals surface area contributed by atoms with Gasteiger partial charge in [0.25, 0.3) is 5.91 Å². The van der Waals surface area contributed by atoms with Crippen LogP contribution in [0.5, 0.6) is 0 Å². The van der Waals surface area contributed by atoms with Crippen molar-refractivity contribution in [2.24, 2.45) is 11.7 Å². The van der Waals surface area contributed by atoms with Crippen LogP contribution in [0.4, 0.5) is 13.2 Å². The third-order valence-corrected chi connectivity index (χ3v) is 4.56. The van der Waals surface area contributed by atoms with Crippen molar-refractivity contribution >= 4 is 29.7 Å². The van der Waals surface area contributed by atoms with Gasteiger partial charge in [-0.25, -0.2) is 4.98 Å². The molecule has 0 aromatic carbocycles. The Balaban J connectivity index is 0.00000242. The summed E-state index contributed by atoms with van der Waals surface area (Å²) in [5.41, 5.74) is 5.42. The first-order valence-electron chi connectivity index (χ1n) is 6.94. The molecule has 1 unspecified atom stereocenters. The minimum Gasteiger partial charge on any atom is -0.339 e. The third kappa shape index (κ3) is 4.82. The van der Waals surface area contributed by atoms with Crippen molar-refractivity contribution in [3.63, 3.8) is 0 Å².